The number of hydrogen-bond donors (Lipinski definition) is 0. The van der Waals surface area contributed by atoms with Crippen molar-refractivity contribution in [2.75, 3.05) is 0 Å². The summed E-state index contributed by atoms with van der Waals surface area (Å²) in [6.07, 6.45) is 0. The van der Waals surface area contributed by atoms with Gasteiger partial charge in [-0.1, -0.05) is 20.8 Å². The van der Waals surface area contributed by atoms with Crippen molar-refractivity contribution >= 4 is 19.0 Å². The molecule has 0 aliphatic rings. The summed E-state index contributed by atoms with van der Waals surface area (Å²) in [6.45, 7) is 4.67. The molecule has 0 atom stereocenters. The van der Waals surface area contributed by atoms with E-state index in [9.17, 15) is 8.22 Å². The summed E-state index contributed by atoms with van der Waals surface area (Å²) in [5, 5.41) is -0.731. The molecule has 97 valence electrons. The van der Waals surface area contributed by atoms with Gasteiger partial charge < -0.3 is 0 Å². The minimum Gasteiger partial charge on any atom is -0.214 e. The summed E-state index contributed by atoms with van der Waals surface area (Å²) in [5.74, 6) is 0. The van der Waals surface area contributed by atoms with E-state index in [0.717, 1.165) is 0 Å². The molecule has 1 rings (SSSR count). The zero-order chi connectivity index (χ0) is 13.7. The van der Waals surface area contributed by atoms with Crippen LogP contribution in [0.3, 0.4) is 0 Å². The Hall–Kier alpha value is -0.894. The second-order valence-corrected chi connectivity index (χ2v) is 6.45. The fraction of sp³-hybridized carbons (Fsp3) is 0.364. The Morgan fingerprint density at radius 3 is 1.53 bits per heavy atom. The van der Waals surface area contributed by atoms with Crippen molar-refractivity contribution in [2.45, 2.75) is 25.8 Å². The predicted molar refractivity (Wildman–Crippen MR) is 61.1 cm³/mol. The van der Waals surface area contributed by atoms with E-state index in [1.807, 2.05) is 30.3 Å². The topological polar surface area (TPSA) is 34.1 Å². The molecule has 0 N–H and O–H groups in total. The van der Waals surface area contributed by atoms with E-state index >= 15 is 0 Å². The smallest absolute Gasteiger partial charge is 0.172 e. The summed E-state index contributed by atoms with van der Waals surface area (Å²) in [6, 6.07) is 10.0. The first-order chi connectivity index (χ1) is 7.86. The summed E-state index contributed by atoms with van der Waals surface area (Å²) in [4.78, 5) is 20.7. The SMILES string of the molecule is CC(C)(C)[Si](F)F.O=[C]=[Fe]=[C]=O.c1cc[cH-]c1. The largest absolute Gasteiger partial charge is 0.214 e. The molecule has 0 spiro atoms. The molecule has 0 unspecified atom stereocenters. The van der Waals surface area contributed by atoms with Crippen LogP contribution in [0.25, 0.3) is 0 Å². The second kappa shape index (κ2) is 11.6. The Morgan fingerprint density at radius 1 is 1.12 bits per heavy atom. The zero-order valence-corrected chi connectivity index (χ0v) is 11.9. The van der Waals surface area contributed by atoms with Crippen LogP contribution >= 0.6 is 0 Å². The van der Waals surface area contributed by atoms with Gasteiger partial charge >= 0.3 is 42.7 Å². The third-order valence-corrected chi connectivity index (χ3v) is 2.55. The fourth-order valence-electron chi connectivity index (χ4n) is 0.335. The zero-order valence-electron chi connectivity index (χ0n) is 9.81. The van der Waals surface area contributed by atoms with Crippen LogP contribution in [-0.2, 0) is 23.7 Å². The molecule has 0 saturated heterocycles. The van der Waals surface area contributed by atoms with Gasteiger partial charge in [0.1, 0.15) is 0 Å². The van der Waals surface area contributed by atoms with E-state index in [0.29, 0.717) is 0 Å². The van der Waals surface area contributed by atoms with Gasteiger partial charge in [0.2, 0.25) is 0 Å². The third-order valence-electron chi connectivity index (χ3n) is 1.19. The number of carbonyl (C=O) groups excluding carboxylic acids is 2. The minimum absolute atomic E-state index is 0.222. The maximum Gasteiger partial charge on any atom is -0.172 e. The molecule has 0 aliphatic carbocycles. The molecule has 17 heavy (non-hydrogen) atoms. The first-order valence-electron chi connectivity index (χ1n) is 4.56. The van der Waals surface area contributed by atoms with Crippen LogP contribution in [0.5, 0.6) is 0 Å². The van der Waals surface area contributed by atoms with E-state index < -0.39 is 14.5 Å². The van der Waals surface area contributed by atoms with E-state index in [1.165, 1.54) is 9.57 Å². The van der Waals surface area contributed by atoms with E-state index in [4.69, 9.17) is 9.59 Å². The molecule has 0 saturated carbocycles. The third kappa shape index (κ3) is 17.7. The van der Waals surface area contributed by atoms with E-state index in [2.05, 4.69) is 0 Å². The van der Waals surface area contributed by atoms with E-state index in [-0.39, 0.29) is 14.1 Å². The molecular formula is C11H14F2FeO2Si-. The first-order valence-corrected chi connectivity index (χ1v) is 6.92. The molecule has 1 aromatic rings. The maximum atomic E-state index is 11.6. The quantitative estimate of drug-likeness (QED) is 0.419. The Bertz CT molecular complexity index is 339. The second-order valence-electron chi connectivity index (χ2n) is 3.71. The van der Waals surface area contributed by atoms with Crippen LogP contribution in [0.15, 0.2) is 30.3 Å². The van der Waals surface area contributed by atoms with Crippen molar-refractivity contribution in [1.29, 1.82) is 0 Å². The summed E-state index contributed by atoms with van der Waals surface area (Å²) >= 11 is -0.222. The Balaban J connectivity index is 0. The molecular weight excluding hydrogens is 286 g/mol. The normalized spacial score (nSPS) is 9.06. The molecule has 2 nitrogen and oxygen atoms in total. The first kappa shape index (κ1) is 18.5. The molecule has 6 heteroatoms. The number of halogens is 2. The molecule has 1 radical (unpaired) electrons. The van der Waals surface area contributed by atoms with Gasteiger partial charge in [0.15, 0.2) is 0 Å². The molecule has 0 aromatic heterocycles. The van der Waals surface area contributed by atoms with Crippen LogP contribution in [0.4, 0.5) is 8.22 Å². The van der Waals surface area contributed by atoms with Gasteiger partial charge in [0, 0.05) is 5.04 Å². The van der Waals surface area contributed by atoms with Gasteiger partial charge in [-0.05, 0) is 0 Å². The fourth-order valence-corrected chi connectivity index (χ4v) is 0.381. The van der Waals surface area contributed by atoms with Crippen molar-refractivity contribution in [1.82, 2.24) is 0 Å². The average molecular weight is 300 g/mol. The number of rotatable bonds is 0. The van der Waals surface area contributed by atoms with Gasteiger partial charge in [0.25, 0.3) is 0 Å². The molecule has 0 amide bonds. The average Bonchev–Trinajstić information content (AvgIpc) is 2.76. The molecule has 0 fully saturated rings. The summed E-state index contributed by atoms with van der Waals surface area (Å²) in [5.41, 5.74) is 0. The van der Waals surface area contributed by atoms with Crippen molar-refractivity contribution in [3.8, 4) is 0 Å². The Labute approximate surface area is 107 Å². The maximum absolute atomic E-state index is 11.6. The van der Waals surface area contributed by atoms with Crippen LogP contribution in [0, 0.1) is 0 Å². The van der Waals surface area contributed by atoms with Crippen molar-refractivity contribution < 1.29 is 31.9 Å². The van der Waals surface area contributed by atoms with Gasteiger partial charge in [-0.25, -0.2) is 12.1 Å². The Kier molecular flexibility index (Phi) is 12.6. The van der Waals surface area contributed by atoms with Crippen LogP contribution < -0.4 is 0 Å². The Morgan fingerprint density at radius 2 is 1.47 bits per heavy atom. The van der Waals surface area contributed by atoms with Gasteiger partial charge in [-0.2, -0.15) is 18.2 Å². The van der Waals surface area contributed by atoms with Crippen molar-refractivity contribution in [3.63, 3.8) is 0 Å². The molecule has 0 aliphatic heterocycles. The molecule has 0 bridgehead atoms. The van der Waals surface area contributed by atoms with Crippen LogP contribution in [0.1, 0.15) is 20.8 Å². The van der Waals surface area contributed by atoms with Crippen LogP contribution in [0.2, 0.25) is 5.04 Å². The van der Waals surface area contributed by atoms with Gasteiger partial charge in [-0.3, -0.25) is 8.22 Å². The van der Waals surface area contributed by atoms with Gasteiger partial charge in [-0.15, -0.1) is 0 Å². The molecule has 1 aromatic carbocycles. The predicted octanol–water partition coefficient (Wildman–Crippen LogP) is 2.82. The van der Waals surface area contributed by atoms with Crippen molar-refractivity contribution in [3.05, 3.63) is 30.3 Å². The monoisotopic (exact) mass is 300 g/mol. The summed E-state index contributed by atoms with van der Waals surface area (Å²) in [7, 11) is -3.05. The number of hydrogen-bond acceptors (Lipinski definition) is 2. The van der Waals surface area contributed by atoms with E-state index in [1.54, 1.807) is 20.8 Å². The standard InChI is InChI=1S/C5H5.C4H9F2Si.2CO.Fe/c1-2-4-5-3-1;1-4(2,3)7(5)6;2*1-2;/h1-5H;1-3H3;;;/q-1;;;;. The van der Waals surface area contributed by atoms with Crippen LogP contribution in [-0.4, -0.2) is 19.0 Å². The summed E-state index contributed by atoms with van der Waals surface area (Å²) < 4.78 is 23.3. The van der Waals surface area contributed by atoms with Gasteiger partial charge in [0.05, 0.1) is 0 Å². The van der Waals surface area contributed by atoms with Crippen molar-refractivity contribution in [2.24, 2.45) is 0 Å². The molecule has 0 heterocycles. The minimum atomic E-state index is -3.05.